The number of hydrogen-bond acceptors (Lipinski definition) is 6. The molecule has 1 aromatic rings. The van der Waals surface area contributed by atoms with Crippen LogP contribution in [0.2, 0.25) is 0 Å². The van der Waals surface area contributed by atoms with Crippen LogP contribution in [0.3, 0.4) is 0 Å². The average Bonchev–Trinajstić information content (AvgIpc) is 2.90. The molecule has 0 saturated carbocycles. The Morgan fingerprint density at radius 3 is 2.62 bits per heavy atom. The highest BCUT2D eigenvalue weighted by atomic mass is 79.9. The predicted octanol–water partition coefficient (Wildman–Crippen LogP) is 1.53. The van der Waals surface area contributed by atoms with E-state index in [0.717, 1.165) is 3.79 Å². The summed E-state index contributed by atoms with van der Waals surface area (Å²) in [6, 6.07) is 1.57. The Kier molecular flexibility index (Phi) is 3.71. The zero-order valence-electron chi connectivity index (χ0n) is 11.0. The van der Waals surface area contributed by atoms with Crippen molar-refractivity contribution in [3.05, 3.63) is 14.7 Å². The summed E-state index contributed by atoms with van der Waals surface area (Å²) in [5, 5.41) is 0. The monoisotopic (exact) mass is 393 g/mol. The van der Waals surface area contributed by atoms with Crippen LogP contribution in [0.1, 0.15) is 11.3 Å². The van der Waals surface area contributed by atoms with Crippen LogP contribution in [0.4, 0.5) is 0 Å². The van der Waals surface area contributed by atoms with E-state index in [1.165, 1.54) is 15.6 Å². The number of fused-ring (bicyclic) bond motifs is 1. The number of cyclic esters (lactones) is 2. The van der Waals surface area contributed by atoms with E-state index in [1.807, 2.05) is 0 Å². The summed E-state index contributed by atoms with van der Waals surface area (Å²) in [6.45, 7) is 1.96. The van der Waals surface area contributed by atoms with Gasteiger partial charge in [-0.25, -0.2) is 8.42 Å². The van der Waals surface area contributed by atoms with Gasteiger partial charge in [-0.3, -0.25) is 9.59 Å². The van der Waals surface area contributed by atoms with Crippen molar-refractivity contribution in [3.8, 4) is 0 Å². The lowest BCUT2D eigenvalue weighted by atomic mass is 9.89. The molecule has 2 atom stereocenters. The molecule has 0 N–H and O–H groups in total. The van der Waals surface area contributed by atoms with Crippen molar-refractivity contribution in [3.63, 3.8) is 0 Å². The molecule has 0 bridgehead atoms. The number of carbonyl (C=O) groups is 2. The molecule has 2 fully saturated rings. The number of esters is 2. The fourth-order valence-corrected chi connectivity index (χ4v) is 6.60. The van der Waals surface area contributed by atoms with E-state index in [-0.39, 0.29) is 18.0 Å². The van der Waals surface area contributed by atoms with Gasteiger partial charge in [0.15, 0.2) is 0 Å². The number of hydrogen-bond donors (Lipinski definition) is 0. The summed E-state index contributed by atoms with van der Waals surface area (Å²) in [6.07, 6.45) is 0.318. The van der Waals surface area contributed by atoms with Crippen LogP contribution >= 0.6 is 27.3 Å². The van der Waals surface area contributed by atoms with E-state index in [2.05, 4.69) is 20.7 Å². The number of nitrogens with zero attached hydrogens (tertiary/aromatic N) is 1. The Morgan fingerprint density at radius 2 is 2.00 bits per heavy atom. The molecule has 0 aromatic carbocycles. The minimum atomic E-state index is -3.66. The summed E-state index contributed by atoms with van der Waals surface area (Å²) in [5.74, 6) is -2.33. The van der Waals surface area contributed by atoms with Gasteiger partial charge in [0.2, 0.25) is 10.0 Å². The number of carbonyl (C=O) groups excluding carboxylic acids is 2. The molecule has 9 heteroatoms. The number of sulfonamides is 1. The number of ether oxygens (including phenoxy) is 1. The maximum atomic E-state index is 12.7. The fraction of sp³-hybridized carbons (Fsp3) is 0.500. The van der Waals surface area contributed by atoms with Gasteiger partial charge in [-0.15, -0.1) is 11.3 Å². The van der Waals surface area contributed by atoms with Crippen LogP contribution in [-0.2, 0) is 24.3 Å². The summed E-state index contributed by atoms with van der Waals surface area (Å²) >= 11 is 4.62. The molecular weight excluding hydrogens is 382 g/mol. The van der Waals surface area contributed by atoms with E-state index in [1.54, 1.807) is 13.0 Å². The zero-order chi connectivity index (χ0) is 15.4. The minimum absolute atomic E-state index is 0.00444. The second kappa shape index (κ2) is 5.15. The summed E-state index contributed by atoms with van der Waals surface area (Å²) in [7, 11) is -3.66. The van der Waals surface area contributed by atoms with E-state index in [9.17, 15) is 18.0 Å². The van der Waals surface area contributed by atoms with Crippen molar-refractivity contribution in [1.29, 1.82) is 0 Å². The summed E-state index contributed by atoms with van der Waals surface area (Å²) < 4.78 is 32.0. The lowest BCUT2D eigenvalue weighted by molar-refractivity contribution is -0.153. The fourth-order valence-electron chi connectivity index (χ4n) is 2.74. The maximum absolute atomic E-state index is 12.7. The van der Waals surface area contributed by atoms with Gasteiger partial charge in [0.1, 0.15) is 0 Å². The van der Waals surface area contributed by atoms with Gasteiger partial charge in [-0.1, -0.05) is 0 Å². The van der Waals surface area contributed by atoms with Crippen molar-refractivity contribution in [1.82, 2.24) is 4.31 Å². The highest BCUT2D eigenvalue weighted by Gasteiger charge is 2.49. The lowest BCUT2D eigenvalue weighted by Gasteiger charge is -2.30. The second-order valence-corrected chi connectivity index (χ2v) is 9.62. The highest BCUT2D eigenvalue weighted by Crippen LogP contribution is 2.36. The van der Waals surface area contributed by atoms with Crippen molar-refractivity contribution in [2.75, 3.05) is 13.1 Å². The van der Waals surface area contributed by atoms with Crippen LogP contribution in [0.5, 0.6) is 0 Å². The first-order valence-electron chi connectivity index (χ1n) is 6.32. The molecular formula is C12H12BrNO5S2. The van der Waals surface area contributed by atoms with E-state index >= 15 is 0 Å². The smallest absolute Gasteiger partial charge is 0.318 e. The Morgan fingerprint density at radius 1 is 1.33 bits per heavy atom. The molecule has 3 heterocycles. The molecule has 2 saturated heterocycles. The zero-order valence-corrected chi connectivity index (χ0v) is 14.3. The van der Waals surface area contributed by atoms with Crippen LogP contribution in [-0.4, -0.2) is 37.8 Å². The van der Waals surface area contributed by atoms with Gasteiger partial charge < -0.3 is 4.74 Å². The molecule has 21 heavy (non-hydrogen) atoms. The van der Waals surface area contributed by atoms with Gasteiger partial charge in [0, 0.05) is 18.0 Å². The number of thiophene rings is 1. The van der Waals surface area contributed by atoms with Crippen molar-refractivity contribution in [2.45, 2.75) is 18.2 Å². The first-order chi connectivity index (χ1) is 9.80. The molecule has 0 spiro atoms. The average molecular weight is 394 g/mol. The number of aryl methyl sites for hydroxylation is 1. The van der Waals surface area contributed by atoms with Gasteiger partial charge in [-0.2, -0.15) is 4.31 Å². The number of rotatable bonds is 2. The van der Waals surface area contributed by atoms with Crippen LogP contribution < -0.4 is 0 Å². The van der Waals surface area contributed by atoms with Gasteiger partial charge in [0.25, 0.3) is 0 Å². The Hall–Kier alpha value is -0.770. The molecule has 114 valence electrons. The quantitative estimate of drug-likeness (QED) is 0.562. The van der Waals surface area contributed by atoms with Crippen LogP contribution in [0, 0.1) is 18.8 Å². The Bertz CT molecular complexity index is 726. The largest absolute Gasteiger partial charge is 0.393 e. The van der Waals surface area contributed by atoms with Crippen LogP contribution in [0.15, 0.2) is 14.7 Å². The second-order valence-electron chi connectivity index (χ2n) is 5.08. The number of piperidine rings is 1. The molecule has 2 unspecified atom stereocenters. The van der Waals surface area contributed by atoms with Crippen LogP contribution in [0.25, 0.3) is 0 Å². The molecule has 2 aliphatic heterocycles. The van der Waals surface area contributed by atoms with Crippen molar-refractivity contribution < 1.29 is 22.7 Å². The highest BCUT2D eigenvalue weighted by molar-refractivity contribution is 9.11. The SMILES string of the molecule is Cc1sc(Br)cc1S(=O)(=O)N1CCC2C(=O)OC(=O)C2C1. The first kappa shape index (κ1) is 15.1. The van der Waals surface area contributed by atoms with E-state index in [4.69, 9.17) is 0 Å². The van der Waals surface area contributed by atoms with Crippen molar-refractivity contribution >= 4 is 49.2 Å². The third kappa shape index (κ3) is 2.45. The predicted molar refractivity (Wildman–Crippen MR) is 78.2 cm³/mol. The van der Waals surface area contributed by atoms with Gasteiger partial charge in [-0.05, 0) is 35.3 Å². The summed E-state index contributed by atoms with van der Waals surface area (Å²) in [5.41, 5.74) is 0. The van der Waals surface area contributed by atoms with Gasteiger partial charge >= 0.3 is 11.9 Å². The standard InChI is InChI=1S/C12H12BrNO5S2/c1-6-9(4-10(13)20-6)21(17,18)14-3-2-7-8(5-14)12(16)19-11(7)15/h4,7-8H,2-3,5H2,1H3. The topological polar surface area (TPSA) is 80.8 Å². The first-order valence-corrected chi connectivity index (χ1v) is 9.37. The van der Waals surface area contributed by atoms with Gasteiger partial charge in [0.05, 0.1) is 20.5 Å². The molecule has 1 aromatic heterocycles. The maximum Gasteiger partial charge on any atom is 0.318 e. The van der Waals surface area contributed by atoms with Crippen molar-refractivity contribution in [2.24, 2.45) is 11.8 Å². The molecule has 0 amide bonds. The molecule has 0 aliphatic carbocycles. The molecule has 0 radical (unpaired) electrons. The lowest BCUT2D eigenvalue weighted by Crippen LogP contribution is -2.44. The molecule has 3 rings (SSSR count). The Labute approximate surface area is 134 Å². The minimum Gasteiger partial charge on any atom is -0.393 e. The summed E-state index contributed by atoms with van der Waals surface area (Å²) in [4.78, 5) is 24.1. The van der Waals surface area contributed by atoms with E-state index < -0.39 is 33.8 Å². The normalized spacial score (nSPS) is 26.8. The molecule has 2 aliphatic rings. The molecule has 6 nitrogen and oxygen atoms in total. The third-order valence-corrected chi connectivity index (χ3v) is 7.52. The third-order valence-electron chi connectivity index (χ3n) is 3.84. The van der Waals surface area contributed by atoms with E-state index in [0.29, 0.717) is 11.3 Å². The number of halogens is 1. The Balaban J connectivity index is 1.90.